The highest BCUT2D eigenvalue weighted by atomic mass is 32.2. The Bertz CT molecular complexity index is 1240. The number of nitrogens with zero attached hydrogens (tertiary/aromatic N) is 1. The SMILES string of the molecule is COc1ccc(CN2C(=O)[C@H](NC(=O)OCc3ccccc3)[C@@H]2CNC(=O)OCCS(C)(=O)=O)c(OC)c1. The minimum Gasteiger partial charge on any atom is -0.497 e. The molecule has 38 heavy (non-hydrogen) atoms. The molecular weight excluding hydrogens is 518 g/mol. The van der Waals surface area contributed by atoms with Gasteiger partial charge in [-0.1, -0.05) is 30.3 Å². The molecule has 1 aliphatic rings. The number of methoxy groups -OCH3 is 2. The van der Waals surface area contributed by atoms with Gasteiger partial charge in [0.25, 0.3) is 0 Å². The number of amides is 3. The maximum Gasteiger partial charge on any atom is 0.408 e. The number of hydrogen-bond donors (Lipinski definition) is 2. The molecule has 0 aromatic heterocycles. The lowest BCUT2D eigenvalue weighted by Crippen LogP contribution is -2.72. The van der Waals surface area contributed by atoms with Gasteiger partial charge in [0.2, 0.25) is 5.91 Å². The highest BCUT2D eigenvalue weighted by Crippen LogP contribution is 2.30. The van der Waals surface area contributed by atoms with E-state index in [1.807, 2.05) is 18.2 Å². The lowest BCUT2D eigenvalue weighted by atomic mass is 9.93. The fourth-order valence-corrected chi connectivity index (χ4v) is 4.15. The normalized spacial score (nSPS) is 16.7. The number of carbonyl (C=O) groups is 3. The second kappa shape index (κ2) is 13.0. The Kier molecular flexibility index (Phi) is 9.77. The molecule has 3 rings (SSSR count). The number of hydrogen-bond acceptors (Lipinski definition) is 9. The Morgan fingerprint density at radius 2 is 1.74 bits per heavy atom. The van der Waals surface area contributed by atoms with Gasteiger partial charge in [-0.25, -0.2) is 18.0 Å². The molecule has 2 N–H and O–H groups in total. The van der Waals surface area contributed by atoms with E-state index in [-0.39, 0.29) is 38.0 Å². The number of nitrogens with one attached hydrogen (secondary N) is 2. The number of alkyl carbamates (subject to hydrolysis) is 2. The van der Waals surface area contributed by atoms with Crippen molar-refractivity contribution >= 4 is 27.9 Å². The smallest absolute Gasteiger partial charge is 0.408 e. The van der Waals surface area contributed by atoms with Crippen molar-refractivity contribution in [1.29, 1.82) is 0 Å². The fraction of sp³-hybridized carbons (Fsp3) is 0.400. The summed E-state index contributed by atoms with van der Waals surface area (Å²) in [7, 11) is -0.275. The van der Waals surface area contributed by atoms with Gasteiger partial charge in [-0.2, -0.15) is 0 Å². The summed E-state index contributed by atoms with van der Waals surface area (Å²) in [6.45, 7) is -0.214. The first-order valence-electron chi connectivity index (χ1n) is 11.7. The third kappa shape index (κ3) is 8.00. The zero-order valence-corrected chi connectivity index (χ0v) is 22.2. The lowest BCUT2D eigenvalue weighted by Gasteiger charge is -2.47. The van der Waals surface area contributed by atoms with E-state index in [2.05, 4.69) is 10.6 Å². The Balaban J connectivity index is 1.66. The summed E-state index contributed by atoms with van der Waals surface area (Å²) < 4.78 is 43.3. The van der Waals surface area contributed by atoms with E-state index < -0.39 is 34.1 Å². The number of rotatable bonds is 12. The van der Waals surface area contributed by atoms with Crippen LogP contribution in [0.2, 0.25) is 0 Å². The van der Waals surface area contributed by atoms with Gasteiger partial charge in [0, 0.05) is 31.0 Å². The van der Waals surface area contributed by atoms with Crippen LogP contribution in [-0.2, 0) is 37.3 Å². The molecule has 13 heteroatoms. The van der Waals surface area contributed by atoms with E-state index >= 15 is 0 Å². The van der Waals surface area contributed by atoms with Crippen LogP contribution in [0.4, 0.5) is 9.59 Å². The summed E-state index contributed by atoms with van der Waals surface area (Å²) in [4.78, 5) is 39.0. The minimum absolute atomic E-state index is 0.0237. The number of likely N-dealkylation sites (tertiary alicyclic amines) is 1. The maximum atomic E-state index is 13.0. The molecule has 1 saturated heterocycles. The van der Waals surface area contributed by atoms with Gasteiger partial charge < -0.3 is 34.5 Å². The summed E-state index contributed by atoms with van der Waals surface area (Å²) >= 11 is 0. The van der Waals surface area contributed by atoms with Crippen LogP contribution in [0.15, 0.2) is 48.5 Å². The summed E-state index contributed by atoms with van der Waals surface area (Å²) in [6, 6.07) is 12.6. The molecule has 2 atom stereocenters. The van der Waals surface area contributed by atoms with Crippen molar-refractivity contribution in [2.75, 3.05) is 39.4 Å². The van der Waals surface area contributed by atoms with E-state index in [0.717, 1.165) is 11.8 Å². The third-order valence-electron chi connectivity index (χ3n) is 5.80. The highest BCUT2D eigenvalue weighted by molar-refractivity contribution is 7.90. The second-order valence-corrected chi connectivity index (χ2v) is 10.8. The largest absolute Gasteiger partial charge is 0.497 e. The van der Waals surface area contributed by atoms with Crippen molar-refractivity contribution in [3.05, 3.63) is 59.7 Å². The Morgan fingerprint density at radius 3 is 2.39 bits per heavy atom. The molecule has 1 aliphatic heterocycles. The van der Waals surface area contributed by atoms with Crippen LogP contribution in [0.3, 0.4) is 0 Å². The third-order valence-corrected chi connectivity index (χ3v) is 6.71. The van der Waals surface area contributed by atoms with Crippen LogP contribution in [0.1, 0.15) is 11.1 Å². The van der Waals surface area contributed by atoms with Gasteiger partial charge in [0.05, 0.1) is 26.0 Å². The molecule has 0 spiro atoms. The molecule has 2 aromatic carbocycles. The molecule has 0 unspecified atom stereocenters. The van der Waals surface area contributed by atoms with Crippen molar-refractivity contribution in [3.63, 3.8) is 0 Å². The van der Waals surface area contributed by atoms with Gasteiger partial charge in [0.1, 0.15) is 30.8 Å². The van der Waals surface area contributed by atoms with Crippen LogP contribution in [0, 0.1) is 0 Å². The lowest BCUT2D eigenvalue weighted by molar-refractivity contribution is -0.151. The highest BCUT2D eigenvalue weighted by Gasteiger charge is 2.48. The molecule has 3 amide bonds. The van der Waals surface area contributed by atoms with Crippen molar-refractivity contribution in [3.8, 4) is 11.5 Å². The van der Waals surface area contributed by atoms with Crippen LogP contribution in [0.5, 0.6) is 11.5 Å². The quantitative estimate of drug-likeness (QED) is 0.375. The van der Waals surface area contributed by atoms with Crippen LogP contribution >= 0.6 is 0 Å². The summed E-state index contributed by atoms with van der Waals surface area (Å²) in [6.07, 6.45) is -0.595. The van der Waals surface area contributed by atoms with Gasteiger partial charge in [0.15, 0.2) is 9.84 Å². The average molecular weight is 550 g/mol. The molecule has 1 fully saturated rings. The molecule has 2 aromatic rings. The Morgan fingerprint density at radius 1 is 1.00 bits per heavy atom. The van der Waals surface area contributed by atoms with Crippen LogP contribution in [-0.4, -0.2) is 82.9 Å². The van der Waals surface area contributed by atoms with Gasteiger partial charge in [-0.15, -0.1) is 0 Å². The predicted molar refractivity (Wildman–Crippen MR) is 136 cm³/mol. The molecule has 0 bridgehead atoms. The van der Waals surface area contributed by atoms with Crippen LogP contribution < -0.4 is 20.1 Å². The van der Waals surface area contributed by atoms with Crippen molar-refractivity contribution in [2.24, 2.45) is 0 Å². The van der Waals surface area contributed by atoms with Crippen LogP contribution in [0.25, 0.3) is 0 Å². The zero-order valence-electron chi connectivity index (χ0n) is 21.3. The Hall–Kier alpha value is -4.00. The second-order valence-electron chi connectivity index (χ2n) is 8.54. The molecule has 0 saturated carbocycles. The van der Waals surface area contributed by atoms with Gasteiger partial charge in [-0.3, -0.25) is 4.79 Å². The number of benzene rings is 2. The first kappa shape index (κ1) is 28.6. The van der Waals surface area contributed by atoms with E-state index in [0.29, 0.717) is 17.1 Å². The molecule has 0 radical (unpaired) electrons. The van der Waals surface area contributed by atoms with E-state index in [4.69, 9.17) is 18.9 Å². The first-order valence-corrected chi connectivity index (χ1v) is 13.7. The van der Waals surface area contributed by atoms with E-state index in [1.54, 1.807) is 30.3 Å². The standard InChI is InChI=1S/C25H31N3O9S/c1-34-19-10-9-18(21(13-19)35-2)15-28-20(14-26-24(30)36-11-12-38(3,32)33)22(23(28)29)27-25(31)37-16-17-7-5-4-6-8-17/h4-10,13,20,22H,11-12,14-16H2,1-3H3,(H,26,30)(H,27,31)/t20-,22+/m0/s1. The topological polar surface area (TPSA) is 150 Å². The zero-order chi connectivity index (χ0) is 27.7. The number of ether oxygens (including phenoxy) is 4. The predicted octanol–water partition coefficient (Wildman–Crippen LogP) is 1.48. The summed E-state index contributed by atoms with van der Waals surface area (Å²) in [5.41, 5.74) is 1.47. The minimum atomic E-state index is -3.29. The fourth-order valence-electron chi connectivity index (χ4n) is 3.77. The maximum absolute atomic E-state index is 13.0. The Labute approximate surface area is 221 Å². The van der Waals surface area contributed by atoms with Gasteiger partial charge >= 0.3 is 12.2 Å². The monoisotopic (exact) mass is 549 g/mol. The summed E-state index contributed by atoms with van der Waals surface area (Å²) in [5, 5.41) is 5.08. The average Bonchev–Trinajstić information content (AvgIpc) is 2.90. The number of β-lactam (4-membered cyclic amide) rings is 1. The molecule has 12 nitrogen and oxygen atoms in total. The van der Waals surface area contributed by atoms with Crippen molar-refractivity contribution < 1.29 is 41.7 Å². The van der Waals surface area contributed by atoms with E-state index in [1.165, 1.54) is 19.1 Å². The molecular formula is C25H31N3O9S. The number of carbonyl (C=O) groups excluding carboxylic acids is 3. The molecule has 206 valence electrons. The summed E-state index contributed by atoms with van der Waals surface area (Å²) in [5.74, 6) is 0.388. The number of sulfone groups is 1. The molecule has 1 heterocycles. The first-order chi connectivity index (χ1) is 18.1. The van der Waals surface area contributed by atoms with Crippen molar-refractivity contribution in [1.82, 2.24) is 15.5 Å². The van der Waals surface area contributed by atoms with Crippen molar-refractivity contribution in [2.45, 2.75) is 25.2 Å². The molecule has 0 aliphatic carbocycles. The van der Waals surface area contributed by atoms with E-state index in [9.17, 15) is 22.8 Å². The van der Waals surface area contributed by atoms with Gasteiger partial charge in [-0.05, 0) is 17.7 Å².